The number of thiazole rings is 1. The smallest absolute Gasteiger partial charge is 0.355 e. The van der Waals surface area contributed by atoms with E-state index in [1.54, 1.807) is 12.1 Å². The number of carbonyl (C=O) groups is 2. The molecule has 2 rings (SSSR count). The second kappa shape index (κ2) is 6.85. The maximum absolute atomic E-state index is 11.6. The minimum atomic E-state index is -1.04. The number of rotatable bonds is 6. The first-order valence-electron chi connectivity index (χ1n) is 6.24. The minimum Gasteiger partial charge on any atom is -0.476 e. The topological polar surface area (TPSA) is 92.4 Å². The zero-order chi connectivity index (χ0) is 15.2. The van der Waals surface area contributed by atoms with Gasteiger partial charge in [-0.05, 0) is 25.1 Å². The highest BCUT2D eigenvalue weighted by Gasteiger charge is 2.08. The number of carboxylic acid groups (broad SMARTS) is 1. The number of nitrogens with one attached hydrogen (secondary N) is 1. The van der Waals surface area contributed by atoms with E-state index in [0.717, 1.165) is 5.76 Å². The Morgan fingerprint density at radius 2 is 2.29 bits per heavy atom. The van der Waals surface area contributed by atoms with Crippen molar-refractivity contribution in [3.8, 4) is 0 Å². The maximum Gasteiger partial charge on any atom is 0.355 e. The molecule has 110 valence electrons. The van der Waals surface area contributed by atoms with Gasteiger partial charge in [0.05, 0.1) is 5.01 Å². The van der Waals surface area contributed by atoms with Gasteiger partial charge in [0.15, 0.2) is 5.69 Å². The molecule has 0 radical (unpaired) electrons. The molecule has 6 nitrogen and oxygen atoms in total. The molecule has 7 heteroatoms. The summed E-state index contributed by atoms with van der Waals surface area (Å²) in [5, 5.41) is 13.6. The van der Waals surface area contributed by atoms with Gasteiger partial charge in [-0.15, -0.1) is 11.3 Å². The predicted molar refractivity (Wildman–Crippen MR) is 78.3 cm³/mol. The molecular formula is C14H14N2O4S. The van der Waals surface area contributed by atoms with Crippen LogP contribution in [0.25, 0.3) is 6.08 Å². The van der Waals surface area contributed by atoms with Gasteiger partial charge < -0.3 is 14.8 Å². The van der Waals surface area contributed by atoms with Crippen molar-refractivity contribution in [1.82, 2.24) is 10.3 Å². The number of hydrogen-bond donors (Lipinski definition) is 2. The summed E-state index contributed by atoms with van der Waals surface area (Å²) in [4.78, 5) is 26.2. The second-order valence-electron chi connectivity index (χ2n) is 4.25. The maximum atomic E-state index is 11.6. The Bertz CT molecular complexity index is 672. The van der Waals surface area contributed by atoms with Crippen LogP contribution in [0.5, 0.6) is 0 Å². The Labute approximate surface area is 125 Å². The molecule has 0 aliphatic heterocycles. The molecular weight excluding hydrogens is 292 g/mol. The van der Waals surface area contributed by atoms with Gasteiger partial charge in [0.2, 0.25) is 5.91 Å². The van der Waals surface area contributed by atoms with Crippen molar-refractivity contribution in [3.05, 3.63) is 45.8 Å². The lowest BCUT2D eigenvalue weighted by atomic mass is 10.3. The fourth-order valence-electron chi connectivity index (χ4n) is 1.58. The van der Waals surface area contributed by atoms with E-state index in [1.807, 2.05) is 13.0 Å². The van der Waals surface area contributed by atoms with Crippen LogP contribution in [-0.4, -0.2) is 28.5 Å². The third-order valence-electron chi connectivity index (χ3n) is 2.57. The fourth-order valence-corrected chi connectivity index (χ4v) is 2.35. The van der Waals surface area contributed by atoms with Crippen molar-refractivity contribution in [1.29, 1.82) is 0 Å². The zero-order valence-corrected chi connectivity index (χ0v) is 12.1. The van der Waals surface area contributed by atoms with E-state index in [9.17, 15) is 9.59 Å². The normalized spacial score (nSPS) is 10.9. The molecule has 0 fully saturated rings. The van der Waals surface area contributed by atoms with E-state index in [4.69, 9.17) is 9.52 Å². The average Bonchev–Trinajstić information content (AvgIpc) is 3.05. The molecule has 2 aromatic heterocycles. The lowest BCUT2D eigenvalue weighted by Crippen LogP contribution is -2.23. The minimum absolute atomic E-state index is 0.0365. The SMILES string of the molecule is Cc1ccc(C=CC(=O)NCCc2nc(C(=O)O)cs2)o1. The summed E-state index contributed by atoms with van der Waals surface area (Å²) in [6.07, 6.45) is 3.48. The first-order valence-corrected chi connectivity index (χ1v) is 7.12. The zero-order valence-electron chi connectivity index (χ0n) is 11.3. The Kier molecular flexibility index (Phi) is 4.89. The Hall–Kier alpha value is -2.41. The molecule has 1 amide bonds. The third-order valence-corrected chi connectivity index (χ3v) is 3.48. The van der Waals surface area contributed by atoms with Gasteiger partial charge in [0.25, 0.3) is 0 Å². The Morgan fingerprint density at radius 1 is 1.48 bits per heavy atom. The number of hydrogen-bond acceptors (Lipinski definition) is 5. The van der Waals surface area contributed by atoms with Crippen LogP contribution < -0.4 is 5.32 Å². The highest BCUT2D eigenvalue weighted by molar-refractivity contribution is 7.09. The van der Waals surface area contributed by atoms with Crippen LogP contribution in [0, 0.1) is 6.92 Å². The Balaban J connectivity index is 1.76. The largest absolute Gasteiger partial charge is 0.476 e. The summed E-state index contributed by atoms with van der Waals surface area (Å²) < 4.78 is 5.30. The van der Waals surface area contributed by atoms with Crippen LogP contribution in [0.4, 0.5) is 0 Å². The number of furan rings is 1. The van der Waals surface area contributed by atoms with E-state index in [-0.39, 0.29) is 11.6 Å². The van der Waals surface area contributed by atoms with Crippen LogP contribution in [0.15, 0.2) is 28.0 Å². The van der Waals surface area contributed by atoms with Gasteiger partial charge in [-0.25, -0.2) is 9.78 Å². The van der Waals surface area contributed by atoms with Crippen molar-refractivity contribution < 1.29 is 19.1 Å². The van der Waals surface area contributed by atoms with E-state index >= 15 is 0 Å². The standard InChI is InChI=1S/C14H14N2O4S/c1-9-2-3-10(20-9)4-5-12(17)15-7-6-13-16-11(8-21-13)14(18)19/h2-5,8H,6-7H2,1H3,(H,15,17)(H,18,19). The van der Waals surface area contributed by atoms with Gasteiger partial charge in [-0.3, -0.25) is 4.79 Å². The van der Waals surface area contributed by atoms with Gasteiger partial charge >= 0.3 is 5.97 Å². The predicted octanol–water partition coefficient (Wildman–Crippen LogP) is 2.11. The lowest BCUT2D eigenvalue weighted by molar-refractivity contribution is -0.116. The molecule has 0 saturated carbocycles. The van der Waals surface area contributed by atoms with Crippen LogP contribution >= 0.6 is 11.3 Å². The molecule has 2 heterocycles. The number of aromatic nitrogens is 1. The van der Waals surface area contributed by atoms with Gasteiger partial charge in [0, 0.05) is 24.4 Å². The number of carbonyl (C=O) groups excluding carboxylic acids is 1. The van der Waals surface area contributed by atoms with Crippen LogP contribution in [-0.2, 0) is 11.2 Å². The van der Waals surface area contributed by atoms with E-state index in [0.29, 0.717) is 23.7 Å². The summed E-state index contributed by atoms with van der Waals surface area (Å²) in [5.41, 5.74) is 0.0365. The highest BCUT2D eigenvalue weighted by atomic mass is 32.1. The van der Waals surface area contributed by atoms with Crippen molar-refractivity contribution in [3.63, 3.8) is 0 Å². The first kappa shape index (κ1) is 15.0. The van der Waals surface area contributed by atoms with Gasteiger partial charge in [-0.1, -0.05) is 0 Å². The van der Waals surface area contributed by atoms with Crippen molar-refractivity contribution in [2.45, 2.75) is 13.3 Å². The van der Waals surface area contributed by atoms with Crippen molar-refractivity contribution in [2.75, 3.05) is 6.54 Å². The summed E-state index contributed by atoms with van der Waals surface area (Å²) in [6.45, 7) is 2.23. The monoisotopic (exact) mass is 306 g/mol. The molecule has 0 aliphatic rings. The highest BCUT2D eigenvalue weighted by Crippen LogP contribution is 2.10. The molecule has 0 atom stereocenters. The summed E-state index contributed by atoms with van der Waals surface area (Å²) in [5.74, 6) is 0.124. The van der Waals surface area contributed by atoms with Gasteiger partial charge in [0.1, 0.15) is 11.5 Å². The quantitative estimate of drug-likeness (QED) is 0.797. The summed E-state index contributed by atoms with van der Waals surface area (Å²) in [6, 6.07) is 3.60. The first-order chi connectivity index (χ1) is 10.0. The van der Waals surface area contributed by atoms with E-state index in [2.05, 4.69) is 10.3 Å². The van der Waals surface area contributed by atoms with E-state index < -0.39 is 5.97 Å². The van der Waals surface area contributed by atoms with Gasteiger partial charge in [-0.2, -0.15) is 0 Å². The van der Waals surface area contributed by atoms with Crippen LogP contribution in [0.1, 0.15) is 27.0 Å². The van der Waals surface area contributed by atoms with Crippen molar-refractivity contribution in [2.24, 2.45) is 0 Å². The number of aromatic carboxylic acids is 1. The third kappa shape index (κ3) is 4.57. The molecule has 21 heavy (non-hydrogen) atoms. The molecule has 0 spiro atoms. The van der Waals surface area contributed by atoms with Crippen LogP contribution in [0.2, 0.25) is 0 Å². The summed E-state index contributed by atoms with van der Waals surface area (Å²) in [7, 11) is 0. The van der Waals surface area contributed by atoms with Crippen LogP contribution in [0.3, 0.4) is 0 Å². The van der Waals surface area contributed by atoms with E-state index in [1.165, 1.54) is 22.8 Å². The number of nitrogens with zero attached hydrogens (tertiary/aromatic N) is 1. The molecule has 2 aromatic rings. The second-order valence-corrected chi connectivity index (χ2v) is 5.20. The average molecular weight is 306 g/mol. The Morgan fingerprint density at radius 3 is 2.90 bits per heavy atom. The molecule has 0 saturated heterocycles. The molecule has 0 unspecified atom stereocenters. The number of carboxylic acids is 1. The number of amides is 1. The summed E-state index contributed by atoms with van der Waals surface area (Å²) >= 11 is 1.27. The molecule has 0 aliphatic carbocycles. The molecule has 2 N–H and O–H groups in total. The molecule has 0 bridgehead atoms. The fraction of sp³-hybridized carbons (Fsp3) is 0.214. The number of aryl methyl sites for hydroxylation is 1. The molecule has 0 aromatic carbocycles. The van der Waals surface area contributed by atoms with Crippen molar-refractivity contribution >= 4 is 29.3 Å². The lowest BCUT2D eigenvalue weighted by Gasteiger charge is -1.99.